The molecule has 1 fully saturated rings. The molecule has 0 saturated heterocycles. The lowest BCUT2D eigenvalue weighted by molar-refractivity contribution is 0.358. The number of hydrogen-bond acceptors (Lipinski definition) is 3. The molecule has 100 valence electrons. The predicted octanol–water partition coefficient (Wildman–Crippen LogP) is 2.34. The molecule has 1 N–H and O–H groups in total. The van der Waals surface area contributed by atoms with E-state index >= 15 is 0 Å². The van der Waals surface area contributed by atoms with Gasteiger partial charge in [0.2, 0.25) is 0 Å². The largest absolute Gasteiger partial charge is 0.317 e. The smallest absolute Gasteiger partial charge is 0.175 e. The van der Waals surface area contributed by atoms with Crippen molar-refractivity contribution in [3.05, 3.63) is 29.8 Å². The Morgan fingerprint density at radius 1 is 1.06 bits per heavy atom. The van der Waals surface area contributed by atoms with Crippen LogP contribution in [0.2, 0.25) is 0 Å². The van der Waals surface area contributed by atoms with Crippen LogP contribution in [0.15, 0.2) is 29.2 Å². The van der Waals surface area contributed by atoms with Crippen molar-refractivity contribution in [1.29, 1.82) is 0 Å². The summed E-state index contributed by atoms with van der Waals surface area (Å²) in [7, 11) is -1.05. The van der Waals surface area contributed by atoms with E-state index in [0.29, 0.717) is 16.9 Å². The molecule has 3 nitrogen and oxygen atoms in total. The summed E-state index contributed by atoms with van der Waals surface area (Å²) in [5.74, 6) is 0.586. The second-order valence-corrected chi connectivity index (χ2v) is 7.19. The van der Waals surface area contributed by atoms with Crippen LogP contribution >= 0.6 is 0 Å². The van der Waals surface area contributed by atoms with Crippen molar-refractivity contribution in [2.24, 2.45) is 0 Å². The molecule has 0 radical (unpaired) electrons. The molecule has 1 aromatic carbocycles. The Kier molecular flexibility index (Phi) is 4.07. The summed E-state index contributed by atoms with van der Waals surface area (Å²) in [4.78, 5) is 0.412. The van der Waals surface area contributed by atoms with Gasteiger partial charge in [0, 0.05) is 12.3 Å². The highest BCUT2D eigenvalue weighted by Crippen LogP contribution is 2.33. The molecule has 0 bridgehead atoms. The Labute approximate surface area is 110 Å². The van der Waals surface area contributed by atoms with Crippen molar-refractivity contribution in [2.75, 3.05) is 13.3 Å². The van der Waals surface area contributed by atoms with Gasteiger partial charge >= 0.3 is 0 Å². The van der Waals surface area contributed by atoms with Crippen LogP contribution in [-0.4, -0.2) is 27.8 Å². The Morgan fingerprint density at radius 3 is 2.06 bits per heavy atom. The molecule has 1 saturated carbocycles. The average molecular weight is 267 g/mol. The first-order valence-corrected chi connectivity index (χ1v) is 8.37. The lowest BCUT2D eigenvalue weighted by atomic mass is 9.82. The number of nitrogens with one attached hydrogen (secondary N) is 1. The summed E-state index contributed by atoms with van der Waals surface area (Å²) >= 11 is 0. The summed E-state index contributed by atoms with van der Waals surface area (Å²) < 4.78 is 22.8. The van der Waals surface area contributed by atoms with E-state index in [1.807, 2.05) is 19.2 Å². The minimum absolute atomic E-state index is 0.412. The minimum Gasteiger partial charge on any atom is -0.317 e. The van der Waals surface area contributed by atoms with Crippen molar-refractivity contribution in [3.63, 3.8) is 0 Å². The van der Waals surface area contributed by atoms with E-state index < -0.39 is 9.84 Å². The van der Waals surface area contributed by atoms with Gasteiger partial charge in [-0.25, -0.2) is 8.42 Å². The quantitative estimate of drug-likeness (QED) is 0.914. The first kappa shape index (κ1) is 13.6. The molecule has 0 heterocycles. The number of hydrogen-bond donors (Lipinski definition) is 1. The maximum absolute atomic E-state index is 11.4. The van der Waals surface area contributed by atoms with Crippen molar-refractivity contribution >= 4 is 9.84 Å². The van der Waals surface area contributed by atoms with Gasteiger partial charge in [-0.15, -0.1) is 0 Å². The van der Waals surface area contributed by atoms with E-state index in [1.165, 1.54) is 37.5 Å². The van der Waals surface area contributed by atoms with Crippen molar-refractivity contribution in [3.8, 4) is 0 Å². The van der Waals surface area contributed by atoms with Crippen LogP contribution in [0, 0.1) is 0 Å². The Hall–Kier alpha value is -0.870. The average Bonchev–Trinajstić information content (AvgIpc) is 2.38. The van der Waals surface area contributed by atoms with Crippen LogP contribution in [0.25, 0.3) is 0 Å². The second-order valence-electron chi connectivity index (χ2n) is 5.18. The topological polar surface area (TPSA) is 46.2 Å². The Bertz CT molecular complexity index is 485. The van der Waals surface area contributed by atoms with Gasteiger partial charge in [0.1, 0.15) is 0 Å². The first-order valence-electron chi connectivity index (χ1n) is 6.48. The van der Waals surface area contributed by atoms with Crippen LogP contribution in [0.5, 0.6) is 0 Å². The van der Waals surface area contributed by atoms with Gasteiger partial charge in [0.25, 0.3) is 0 Å². The fourth-order valence-corrected chi connectivity index (χ4v) is 3.33. The normalized spacial score (nSPS) is 25.0. The van der Waals surface area contributed by atoms with Crippen molar-refractivity contribution in [2.45, 2.75) is 42.5 Å². The fraction of sp³-hybridized carbons (Fsp3) is 0.571. The highest BCUT2D eigenvalue weighted by Gasteiger charge is 2.21. The molecule has 18 heavy (non-hydrogen) atoms. The summed E-state index contributed by atoms with van der Waals surface area (Å²) in [6.45, 7) is 0. The lowest BCUT2D eigenvalue weighted by Crippen LogP contribution is -2.29. The van der Waals surface area contributed by atoms with E-state index in [9.17, 15) is 8.42 Å². The third-order valence-electron chi connectivity index (χ3n) is 3.92. The maximum Gasteiger partial charge on any atom is 0.175 e. The molecule has 1 aliphatic carbocycles. The molecule has 0 amide bonds. The Balaban J connectivity index is 2.07. The minimum atomic E-state index is -3.07. The van der Waals surface area contributed by atoms with E-state index in [2.05, 4.69) is 5.32 Å². The molecule has 1 aliphatic rings. The fourth-order valence-electron chi connectivity index (χ4n) is 2.70. The molecule has 2 rings (SSSR count). The number of sulfone groups is 1. The zero-order chi connectivity index (χ0) is 13.2. The van der Waals surface area contributed by atoms with Crippen LogP contribution in [-0.2, 0) is 9.84 Å². The maximum atomic E-state index is 11.4. The zero-order valence-corrected chi connectivity index (χ0v) is 11.8. The monoisotopic (exact) mass is 267 g/mol. The van der Waals surface area contributed by atoms with Gasteiger partial charge in [0.05, 0.1) is 4.90 Å². The summed E-state index contributed by atoms with van der Waals surface area (Å²) in [6.07, 6.45) is 6.03. The van der Waals surface area contributed by atoms with Crippen LogP contribution in [0.3, 0.4) is 0 Å². The van der Waals surface area contributed by atoms with Gasteiger partial charge < -0.3 is 5.32 Å². The number of benzene rings is 1. The standard InChI is InChI=1S/C14H21NO2S/c1-15-13-7-3-11(4-8-13)12-5-9-14(10-6-12)18(2,16)17/h5-6,9-11,13,15H,3-4,7-8H2,1-2H3. The third kappa shape index (κ3) is 3.12. The van der Waals surface area contributed by atoms with Gasteiger partial charge in [0.15, 0.2) is 9.84 Å². The van der Waals surface area contributed by atoms with E-state index in [1.54, 1.807) is 12.1 Å². The highest BCUT2D eigenvalue weighted by molar-refractivity contribution is 7.90. The van der Waals surface area contributed by atoms with Crippen LogP contribution in [0.1, 0.15) is 37.2 Å². The van der Waals surface area contributed by atoms with Gasteiger partial charge in [-0.2, -0.15) is 0 Å². The lowest BCUT2D eigenvalue weighted by Gasteiger charge is -2.28. The first-order chi connectivity index (χ1) is 8.50. The molecule has 4 heteroatoms. The van der Waals surface area contributed by atoms with Gasteiger partial charge in [-0.3, -0.25) is 0 Å². The zero-order valence-electron chi connectivity index (χ0n) is 11.0. The molecular weight excluding hydrogens is 246 g/mol. The van der Waals surface area contributed by atoms with E-state index in [4.69, 9.17) is 0 Å². The molecular formula is C14H21NO2S. The molecule has 1 aromatic rings. The summed E-state index contributed by atoms with van der Waals surface area (Å²) in [5, 5.41) is 3.33. The molecule has 0 spiro atoms. The predicted molar refractivity (Wildman–Crippen MR) is 73.6 cm³/mol. The van der Waals surface area contributed by atoms with Crippen molar-refractivity contribution < 1.29 is 8.42 Å². The van der Waals surface area contributed by atoms with E-state index in [0.717, 1.165) is 0 Å². The van der Waals surface area contributed by atoms with E-state index in [-0.39, 0.29) is 0 Å². The summed E-state index contributed by atoms with van der Waals surface area (Å²) in [6, 6.07) is 8.06. The van der Waals surface area contributed by atoms with Gasteiger partial charge in [-0.05, 0) is 56.3 Å². The van der Waals surface area contributed by atoms with Crippen molar-refractivity contribution in [1.82, 2.24) is 5.32 Å². The SMILES string of the molecule is CNC1CCC(c2ccc(S(C)(=O)=O)cc2)CC1. The highest BCUT2D eigenvalue weighted by atomic mass is 32.2. The van der Waals surface area contributed by atoms with Crippen LogP contribution < -0.4 is 5.32 Å². The van der Waals surface area contributed by atoms with Gasteiger partial charge in [-0.1, -0.05) is 12.1 Å². The molecule has 0 unspecified atom stereocenters. The summed E-state index contributed by atoms with van der Waals surface area (Å²) in [5.41, 5.74) is 1.27. The number of rotatable bonds is 3. The van der Waals surface area contributed by atoms with Crippen LogP contribution in [0.4, 0.5) is 0 Å². The second kappa shape index (κ2) is 5.41. The molecule has 0 aromatic heterocycles. The Morgan fingerprint density at radius 2 is 1.61 bits per heavy atom. The molecule has 0 aliphatic heterocycles. The third-order valence-corrected chi connectivity index (χ3v) is 5.04. The molecule has 0 atom stereocenters.